The summed E-state index contributed by atoms with van der Waals surface area (Å²) in [5.74, 6) is 0.134. The number of benzene rings is 2. The molecule has 1 aliphatic heterocycles. The normalized spacial score (nSPS) is 17.5. The highest BCUT2D eigenvalue weighted by Crippen LogP contribution is 2.26. The first-order chi connectivity index (χ1) is 11.7. The van der Waals surface area contributed by atoms with Crippen LogP contribution in [0.2, 0.25) is 5.02 Å². The Labute approximate surface area is 145 Å². The molecular formula is C19H18ClN3O. The Morgan fingerprint density at radius 2 is 1.96 bits per heavy atom. The summed E-state index contributed by atoms with van der Waals surface area (Å²) in [4.78, 5) is 19.0. The quantitative estimate of drug-likeness (QED) is 0.729. The predicted molar refractivity (Wildman–Crippen MR) is 95.1 cm³/mol. The SMILES string of the molecule is O=C(Cc1ccccc1Cl)N1CCC(n2cnc3ccccc32)C1. The van der Waals surface area contributed by atoms with Crippen molar-refractivity contribution < 1.29 is 4.79 Å². The standard InChI is InChI=1S/C19H18ClN3O/c20-16-6-2-1-5-14(16)11-19(24)22-10-9-15(12-22)23-13-21-17-7-3-4-8-18(17)23/h1-8,13,15H,9-12H2. The van der Waals surface area contributed by atoms with E-state index in [4.69, 9.17) is 11.6 Å². The molecular weight excluding hydrogens is 322 g/mol. The number of para-hydroxylation sites is 2. The first kappa shape index (κ1) is 15.2. The highest BCUT2D eigenvalue weighted by molar-refractivity contribution is 6.31. The van der Waals surface area contributed by atoms with Crippen LogP contribution in [0, 0.1) is 0 Å². The van der Waals surface area contributed by atoms with Crippen LogP contribution in [0.1, 0.15) is 18.0 Å². The minimum atomic E-state index is 0.134. The first-order valence-corrected chi connectivity index (χ1v) is 8.53. The molecule has 0 spiro atoms. The second-order valence-corrected chi connectivity index (χ2v) is 6.60. The molecule has 1 atom stereocenters. The van der Waals surface area contributed by atoms with Crippen molar-refractivity contribution in [1.29, 1.82) is 0 Å². The van der Waals surface area contributed by atoms with Crippen LogP contribution in [0.25, 0.3) is 11.0 Å². The molecule has 1 saturated heterocycles. The van der Waals surface area contributed by atoms with Gasteiger partial charge < -0.3 is 9.47 Å². The predicted octanol–water partition coefficient (Wildman–Crippen LogP) is 3.71. The summed E-state index contributed by atoms with van der Waals surface area (Å²) >= 11 is 6.17. The second kappa shape index (κ2) is 6.29. The van der Waals surface area contributed by atoms with Gasteiger partial charge in [0, 0.05) is 18.1 Å². The molecule has 1 amide bonds. The Morgan fingerprint density at radius 3 is 2.83 bits per heavy atom. The number of hydrogen-bond acceptors (Lipinski definition) is 2. The lowest BCUT2D eigenvalue weighted by molar-refractivity contribution is -0.129. The van der Waals surface area contributed by atoms with E-state index in [-0.39, 0.29) is 11.9 Å². The van der Waals surface area contributed by atoms with Crippen LogP contribution < -0.4 is 0 Å². The van der Waals surface area contributed by atoms with Crippen LogP contribution in [-0.2, 0) is 11.2 Å². The van der Waals surface area contributed by atoms with E-state index in [1.165, 1.54) is 0 Å². The highest BCUT2D eigenvalue weighted by atomic mass is 35.5. The number of halogens is 1. The van der Waals surface area contributed by atoms with E-state index in [0.717, 1.165) is 36.1 Å². The highest BCUT2D eigenvalue weighted by Gasteiger charge is 2.28. The summed E-state index contributed by atoms with van der Waals surface area (Å²) in [6, 6.07) is 15.9. The van der Waals surface area contributed by atoms with Crippen LogP contribution in [0.4, 0.5) is 0 Å². The molecule has 2 aromatic carbocycles. The average Bonchev–Trinajstić information content (AvgIpc) is 3.23. The Morgan fingerprint density at radius 1 is 1.17 bits per heavy atom. The number of aromatic nitrogens is 2. The molecule has 24 heavy (non-hydrogen) atoms. The zero-order valence-corrected chi connectivity index (χ0v) is 14.0. The van der Waals surface area contributed by atoms with Gasteiger partial charge in [0.2, 0.25) is 5.91 Å². The molecule has 0 radical (unpaired) electrons. The number of fused-ring (bicyclic) bond motifs is 1. The third kappa shape index (κ3) is 2.78. The maximum Gasteiger partial charge on any atom is 0.227 e. The molecule has 1 fully saturated rings. The molecule has 1 aromatic heterocycles. The van der Waals surface area contributed by atoms with Gasteiger partial charge in [-0.05, 0) is 30.2 Å². The van der Waals surface area contributed by atoms with Crippen molar-refractivity contribution >= 4 is 28.5 Å². The van der Waals surface area contributed by atoms with Gasteiger partial charge in [0.1, 0.15) is 0 Å². The zero-order valence-electron chi connectivity index (χ0n) is 13.2. The third-order valence-corrected chi connectivity index (χ3v) is 5.06. The summed E-state index contributed by atoms with van der Waals surface area (Å²) in [6.45, 7) is 1.50. The van der Waals surface area contributed by atoms with Crippen LogP contribution in [0.15, 0.2) is 54.9 Å². The van der Waals surface area contributed by atoms with Gasteiger partial charge >= 0.3 is 0 Å². The van der Waals surface area contributed by atoms with Gasteiger partial charge in [-0.3, -0.25) is 4.79 Å². The first-order valence-electron chi connectivity index (χ1n) is 8.15. The van der Waals surface area contributed by atoms with E-state index in [2.05, 4.69) is 15.6 Å². The van der Waals surface area contributed by atoms with Crippen molar-refractivity contribution in [2.75, 3.05) is 13.1 Å². The molecule has 4 nitrogen and oxygen atoms in total. The summed E-state index contributed by atoms with van der Waals surface area (Å²) in [6.07, 6.45) is 3.20. The van der Waals surface area contributed by atoms with Crippen molar-refractivity contribution in [3.63, 3.8) is 0 Å². The van der Waals surface area contributed by atoms with Crippen molar-refractivity contribution in [3.05, 3.63) is 65.4 Å². The molecule has 1 aliphatic rings. The average molecular weight is 340 g/mol. The van der Waals surface area contributed by atoms with Gasteiger partial charge in [0.15, 0.2) is 0 Å². The molecule has 4 rings (SSSR count). The number of rotatable bonds is 3. The lowest BCUT2D eigenvalue weighted by atomic mass is 10.1. The molecule has 2 heterocycles. The Bertz CT molecular complexity index is 889. The lowest BCUT2D eigenvalue weighted by Crippen LogP contribution is -2.30. The summed E-state index contributed by atoms with van der Waals surface area (Å²) in [5, 5.41) is 0.655. The number of amides is 1. The minimum Gasteiger partial charge on any atom is -0.340 e. The number of nitrogens with zero attached hydrogens (tertiary/aromatic N) is 3. The minimum absolute atomic E-state index is 0.134. The topological polar surface area (TPSA) is 38.1 Å². The molecule has 122 valence electrons. The van der Waals surface area contributed by atoms with E-state index in [9.17, 15) is 4.79 Å². The van der Waals surface area contributed by atoms with Crippen molar-refractivity contribution in [2.45, 2.75) is 18.9 Å². The molecule has 0 saturated carbocycles. The monoisotopic (exact) mass is 339 g/mol. The number of carbonyl (C=O) groups is 1. The van der Waals surface area contributed by atoms with E-state index in [1.807, 2.05) is 53.7 Å². The van der Waals surface area contributed by atoms with E-state index < -0.39 is 0 Å². The van der Waals surface area contributed by atoms with Gasteiger partial charge in [0.25, 0.3) is 0 Å². The molecule has 0 bridgehead atoms. The Hall–Kier alpha value is -2.33. The van der Waals surface area contributed by atoms with E-state index >= 15 is 0 Å². The summed E-state index contributed by atoms with van der Waals surface area (Å²) in [7, 11) is 0. The Kier molecular flexibility index (Phi) is 3.98. The van der Waals surface area contributed by atoms with Gasteiger partial charge in [0.05, 0.1) is 29.8 Å². The molecule has 1 unspecified atom stereocenters. The van der Waals surface area contributed by atoms with Crippen molar-refractivity contribution in [3.8, 4) is 0 Å². The van der Waals surface area contributed by atoms with Crippen molar-refractivity contribution in [1.82, 2.24) is 14.5 Å². The smallest absolute Gasteiger partial charge is 0.227 e. The van der Waals surface area contributed by atoms with Gasteiger partial charge in [-0.25, -0.2) is 4.98 Å². The number of likely N-dealkylation sites (tertiary alicyclic amines) is 1. The largest absolute Gasteiger partial charge is 0.340 e. The number of imidazole rings is 1. The summed E-state index contributed by atoms with van der Waals surface area (Å²) < 4.78 is 2.19. The fraction of sp³-hybridized carbons (Fsp3) is 0.263. The fourth-order valence-electron chi connectivity index (χ4n) is 3.38. The van der Waals surface area contributed by atoms with Crippen LogP contribution in [0.5, 0.6) is 0 Å². The van der Waals surface area contributed by atoms with E-state index in [1.54, 1.807) is 0 Å². The van der Waals surface area contributed by atoms with E-state index in [0.29, 0.717) is 11.4 Å². The zero-order chi connectivity index (χ0) is 16.5. The molecule has 0 aliphatic carbocycles. The van der Waals surface area contributed by atoms with Crippen LogP contribution in [-0.4, -0.2) is 33.4 Å². The van der Waals surface area contributed by atoms with Gasteiger partial charge in [-0.2, -0.15) is 0 Å². The molecule has 5 heteroatoms. The second-order valence-electron chi connectivity index (χ2n) is 6.19. The van der Waals surface area contributed by atoms with Crippen LogP contribution in [0.3, 0.4) is 0 Å². The maximum atomic E-state index is 12.6. The van der Waals surface area contributed by atoms with Gasteiger partial charge in [-0.1, -0.05) is 41.9 Å². The number of carbonyl (C=O) groups excluding carboxylic acids is 1. The number of hydrogen-bond donors (Lipinski definition) is 0. The summed E-state index contributed by atoms with van der Waals surface area (Å²) in [5.41, 5.74) is 3.02. The molecule has 0 N–H and O–H groups in total. The molecule has 3 aromatic rings. The fourth-order valence-corrected chi connectivity index (χ4v) is 3.58. The lowest BCUT2D eigenvalue weighted by Gasteiger charge is -2.18. The third-order valence-electron chi connectivity index (χ3n) is 4.69. The van der Waals surface area contributed by atoms with Gasteiger partial charge in [-0.15, -0.1) is 0 Å². The maximum absolute atomic E-state index is 12.6. The van der Waals surface area contributed by atoms with Crippen LogP contribution >= 0.6 is 11.6 Å². The Balaban J connectivity index is 1.48. The van der Waals surface area contributed by atoms with Crippen molar-refractivity contribution in [2.24, 2.45) is 0 Å².